The van der Waals surface area contributed by atoms with E-state index >= 15 is 0 Å². The van der Waals surface area contributed by atoms with Crippen molar-refractivity contribution in [3.05, 3.63) is 41.6 Å². The van der Waals surface area contributed by atoms with Gasteiger partial charge in [-0.1, -0.05) is 12.1 Å². The first-order chi connectivity index (χ1) is 11.6. The van der Waals surface area contributed by atoms with Crippen LogP contribution >= 0.6 is 0 Å². The van der Waals surface area contributed by atoms with E-state index in [1.807, 2.05) is 0 Å². The van der Waals surface area contributed by atoms with E-state index in [0.717, 1.165) is 6.20 Å². The topological polar surface area (TPSA) is 73.9 Å². The predicted molar refractivity (Wildman–Crippen MR) is 80.1 cm³/mol. The monoisotopic (exact) mass is 359 g/mol. The van der Waals surface area contributed by atoms with Gasteiger partial charge in [-0.3, -0.25) is 0 Å². The molecule has 0 bridgehead atoms. The summed E-state index contributed by atoms with van der Waals surface area (Å²) in [5.74, 6) is -2.94. The van der Waals surface area contributed by atoms with Gasteiger partial charge in [-0.25, -0.2) is 9.59 Å². The number of ether oxygens (including phenoxy) is 3. The standard InChI is InChI=1S/C16H16F3NO5/c1-15(2)24-13(21)12(14(22)25-15)7-20-11-5-3-10(4-6-11)8-23-9-16(17,18)19/h3-7,20H,8-9H2,1-2H3. The predicted octanol–water partition coefficient (Wildman–Crippen LogP) is 2.90. The van der Waals surface area contributed by atoms with Crippen molar-refractivity contribution in [1.82, 2.24) is 0 Å². The van der Waals surface area contributed by atoms with E-state index in [1.54, 1.807) is 24.3 Å². The molecule has 1 aromatic rings. The van der Waals surface area contributed by atoms with Crippen molar-refractivity contribution in [3.8, 4) is 0 Å². The summed E-state index contributed by atoms with van der Waals surface area (Å²) in [7, 11) is 0. The van der Waals surface area contributed by atoms with Crippen molar-refractivity contribution in [2.75, 3.05) is 11.9 Å². The number of nitrogens with one attached hydrogen (secondary N) is 1. The van der Waals surface area contributed by atoms with Crippen molar-refractivity contribution in [2.45, 2.75) is 32.4 Å². The smallest absolute Gasteiger partial charge is 0.411 e. The molecule has 0 spiro atoms. The van der Waals surface area contributed by atoms with Gasteiger partial charge in [0.2, 0.25) is 0 Å². The molecule has 0 atom stereocenters. The summed E-state index contributed by atoms with van der Waals surface area (Å²) in [5, 5.41) is 2.73. The first-order valence-corrected chi connectivity index (χ1v) is 7.22. The van der Waals surface area contributed by atoms with Crippen LogP contribution in [0.15, 0.2) is 36.0 Å². The number of carbonyl (C=O) groups excluding carboxylic acids is 2. The van der Waals surface area contributed by atoms with Crippen LogP contribution in [0, 0.1) is 0 Å². The highest BCUT2D eigenvalue weighted by molar-refractivity contribution is 6.15. The Morgan fingerprint density at radius 2 is 1.68 bits per heavy atom. The lowest BCUT2D eigenvalue weighted by Gasteiger charge is -2.29. The molecular formula is C16H16F3NO5. The number of hydrogen-bond acceptors (Lipinski definition) is 6. The van der Waals surface area contributed by atoms with E-state index in [-0.39, 0.29) is 12.2 Å². The third-order valence-electron chi connectivity index (χ3n) is 2.99. The first-order valence-electron chi connectivity index (χ1n) is 7.22. The van der Waals surface area contributed by atoms with Gasteiger partial charge in [0.05, 0.1) is 6.61 Å². The average Bonchev–Trinajstić information content (AvgIpc) is 2.45. The number of esters is 2. The number of alkyl halides is 3. The molecule has 25 heavy (non-hydrogen) atoms. The molecule has 9 heteroatoms. The molecule has 1 N–H and O–H groups in total. The maximum absolute atomic E-state index is 12.0. The van der Waals surface area contributed by atoms with E-state index < -0.39 is 30.5 Å². The first kappa shape index (κ1) is 18.8. The lowest BCUT2D eigenvalue weighted by Crippen LogP contribution is -2.42. The Hall–Kier alpha value is -2.55. The maximum Gasteiger partial charge on any atom is 0.411 e. The van der Waals surface area contributed by atoms with E-state index in [4.69, 9.17) is 9.47 Å². The number of rotatable bonds is 5. The summed E-state index contributed by atoms with van der Waals surface area (Å²) < 4.78 is 50.4. The fraction of sp³-hybridized carbons (Fsp3) is 0.375. The zero-order valence-electron chi connectivity index (χ0n) is 13.5. The fourth-order valence-corrected chi connectivity index (χ4v) is 1.92. The van der Waals surface area contributed by atoms with Crippen LogP contribution in [0.1, 0.15) is 19.4 Å². The lowest BCUT2D eigenvalue weighted by atomic mass is 10.2. The van der Waals surface area contributed by atoms with E-state index in [0.29, 0.717) is 11.3 Å². The van der Waals surface area contributed by atoms with Gasteiger partial charge in [0.1, 0.15) is 6.61 Å². The van der Waals surface area contributed by atoms with Gasteiger partial charge < -0.3 is 19.5 Å². The van der Waals surface area contributed by atoms with Crippen molar-refractivity contribution in [3.63, 3.8) is 0 Å². The number of hydrogen-bond donors (Lipinski definition) is 1. The minimum absolute atomic E-state index is 0.186. The second kappa shape index (κ2) is 7.14. The third-order valence-corrected chi connectivity index (χ3v) is 2.99. The highest BCUT2D eigenvalue weighted by atomic mass is 19.4. The number of halogens is 3. The Kier molecular flexibility index (Phi) is 5.36. The quantitative estimate of drug-likeness (QED) is 0.495. The molecule has 0 saturated carbocycles. The molecule has 0 unspecified atom stereocenters. The van der Waals surface area contributed by atoms with Crippen molar-refractivity contribution in [1.29, 1.82) is 0 Å². The molecule has 136 valence electrons. The largest absolute Gasteiger partial charge is 0.419 e. The minimum atomic E-state index is -4.37. The Balaban J connectivity index is 1.93. The van der Waals surface area contributed by atoms with Gasteiger partial charge in [-0.05, 0) is 17.7 Å². The second-order valence-electron chi connectivity index (χ2n) is 5.69. The second-order valence-corrected chi connectivity index (χ2v) is 5.69. The summed E-state index contributed by atoms with van der Waals surface area (Å²) in [6.45, 7) is 1.37. The van der Waals surface area contributed by atoms with Gasteiger partial charge >= 0.3 is 18.1 Å². The van der Waals surface area contributed by atoms with Crippen LogP contribution in [0.2, 0.25) is 0 Å². The van der Waals surface area contributed by atoms with Crippen LogP contribution in [0.3, 0.4) is 0 Å². The van der Waals surface area contributed by atoms with Crippen molar-refractivity contribution >= 4 is 17.6 Å². The highest BCUT2D eigenvalue weighted by Crippen LogP contribution is 2.23. The Bertz CT molecular complexity index is 658. The molecule has 6 nitrogen and oxygen atoms in total. The number of carbonyl (C=O) groups is 2. The van der Waals surface area contributed by atoms with Gasteiger partial charge in [0.25, 0.3) is 5.79 Å². The summed E-state index contributed by atoms with van der Waals surface area (Å²) in [4.78, 5) is 23.5. The van der Waals surface area contributed by atoms with Crippen LogP contribution in [-0.4, -0.2) is 30.5 Å². The summed E-state index contributed by atoms with van der Waals surface area (Å²) in [5.41, 5.74) is 0.759. The molecule has 1 fully saturated rings. The molecule has 1 aromatic carbocycles. The number of benzene rings is 1. The summed E-state index contributed by atoms with van der Waals surface area (Å²) in [6.07, 6.45) is -3.22. The van der Waals surface area contributed by atoms with Crippen molar-refractivity contribution < 1.29 is 37.0 Å². The van der Waals surface area contributed by atoms with E-state index in [1.165, 1.54) is 13.8 Å². The molecule has 0 radical (unpaired) electrons. The molecular weight excluding hydrogens is 343 g/mol. The van der Waals surface area contributed by atoms with Crippen LogP contribution in [-0.2, 0) is 30.4 Å². The molecule has 2 rings (SSSR count). The van der Waals surface area contributed by atoms with Gasteiger partial charge in [-0.15, -0.1) is 0 Å². The van der Waals surface area contributed by atoms with Gasteiger partial charge in [0.15, 0.2) is 5.57 Å². The number of cyclic esters (lactones) is 2. The Morgan fingerprint density at radius 1 is 1.12 bits per heavy atom. The molecule has 1 heterocycles. The SMILES string of the molecule is CC1(C)OC(=O)C(=CNc2ccc(COCC(F)(F)F)cc2)C(=O)O1. The van der Waals surface area contributed by atoms with Gasteiger partial charge in [0, 0.05) is 25.7 Å². The Labute approximate surface area is 141 Å². The third kappa shape index (κ3) is 5.79. The molecule has 0 aliphatic carbocycles. The van der Waals surface area contributed by atoms with Crippen LogP contribution in [0.4, 0.5) is 18.9 Å². The van der Waals surface area contributed by atoms with E-state index in [2.05, 4.69) is 10.1 Å². The molecule has 0 amide bonds. The number of anilines is 1. The normalized spacial score (nSPS) is 16.9. The molecule has 1 aliphatic rings. The van der Waals surface area contributed by atoms with Gasteiger partial charge in [-0.2, -0.15) is 13.2 Å². The average molecular weight is 359 g/mol. The van der Waals surface area contributed by atoms with Crippen LogP contribution < -0.4 is 5.32 Å². The Morgan fingerprint density at radius 3 is 2.20 bits per heavy atom. The molecule has 1 aliphatic heterocycles. The zero-order chi connectivity index (χ0) is 18.7. The fourth-order valence-electron chi connectivity index (χ4n) is 1.92. The van der Waals surface area contributed by atoms with Crippen LogP contribution in [0.5, 0.6) is 0 Å². The van der Waals surface area contributed by atoms with Crippen molar-refractivity contribution in [2.24, 2.45) is 0 Å². The summed E-state index contributed by atoms with van der Waals surface area (Å²) in [6, 6.07) is 6.23. The molecule has 1 saturated heterocycles. The highest BCUT2D eigenvalue weighted by Gasteiger charge is 2.38. The summed E-state index contributed by atoms with van der Waals surface area (Å²) >= 11 is 0. The zero-order valence-corrected chi connectivity index (χ0v) is 13.5. The van der Waals surface area contributed by atoms with E-state index in [9.17, 15) is 22.8 Å². The lowest BCUT2D eigenvalue weighted by molar-refractivity contribution is -0.222. The minimum Gasteiger partial charge on any atom is -0.419 e. The van der Waals surface area contributed by atoms with Crippen LogP contribution in [0.25, 0.3) is 0 Å². The molecule has 0 aromatic heterocycles. The maximum atomic E-state index is 12.0.